The monoisotopic (exact) mass is 572 g/mol. The molecule has 3 atom stereocenters. The van der Waals surface area contributed by atoms with E-state index < -0.39 is 13.0 Å². The minimum Gasteiger partial charge on any atom is -0.380 e. The maximum absolute atomic E-state index is 14.4. The molecule has 3 aromatic carbocycles. The molecule has 9 heteroatoms. The molecule has 5 rings (SSSR count). The van der Waals surface area contributed by atoms with Gasteiger partial charge in [-0.1, -0.05) is 91.0 Å². The van der Waals surface area contributed by atoms with Gasteiger partial charge in [-0.15, -0.1) is 0 Å². The fourth-order valence-corrected chi connectivity index (χ4v) is 8.38. The van der Waals surface area contributed by atoms with Crippen LogP contribution in [0.25, 0.3) is 0 Å². The van der Waals surface area contributed by atoms with Gasteiger partial charge >= 0.3 is 0 Å². The van der Waals surface area contributed by atoms with Crippen LogP contribution in [0.2, 0.25) is 0 Å². The molecule has 2 heterocycles. The van der Waals surface area contributed by atoms with Gasteiger partial charge in [-0.05, 0) is 37.8 Å². The van der Waals surface area contributed by atoms with Crippen molar-refractivity contribution in [2.75, 3.05) is 73.4 Å². The lowest BCUT2D eigenvalue weighted by Gasteiger charge is -2.50. The number of hydrogen-bond donors (Lipinski definition) is 0. The molecule has 216 valence electrons. The molecule has 41 heavy (non-hydrogen) atoms. The maximum atomic E-state index is 14.4. The van der Waals surface area contributed by atoms with Gasteiger partial charge in [0.25, 0.3) is 0 Å². The van der Waals surface area contributed by atoms with E-state index in [0.717, 1.165) is 19.6 Å². The fraction of sp³-hybridized carbons (Fsp3) is 0.438. The molecule has 7 nitrogen and oxygen atoms in total. The van der Waals surface area contributed by atoms with Crippen LogP contribution in [0.5, 0.6) is 0 Å². The molecule has 3 unspecified atom stereocenters. The van der Waals surface area contributed by atoms with Crippen LogP contribution < -0.4 is 0 Å². The van der Waals surface area contributed by atoms with Crippen molar-refractivity contribution in [1.29, 1.82) is 0 Å². The average Bonchev–Trinajstić information content (AvgIpc) is 2.99. The van der Waals surface area contributed by atoms with Gasteiger partial charge in [-0.25, -0.2) is 9.34 Å². The van der Waals surface area contributed by atoms with E-state index in [0.29, 0.717) is 26.2 Å². The Morgan fingerprint density at radius 1 is 0.854 bits per heavy atom. The number of rotatable bonds is 10. The number of nitrogens with zero attached hydrogens (tertiary/aromatic N) is 4. The topological polar surface area (TPSA) is 48.5 Å². The van der Waals surface area contributed by atoms with Crippen molar-refractivity contribution in [3.63, 3.8) is 0 Å². The lowest BCUT2D eigenvalue weighted by Crippen LogP contribution is -2.56. The predicted octanol–water partition coefficient (Wildman–Crippen LogP) is 4.15. The summed E-state index contributed by atoms with van der Waals surface area (Å²) in [7, 11) is 8.88. The maximum Gasteiger partial charge on any atom is 0.241 e. The lowest BCUT2D eigenvalue weighted by molar-refractivity contribution is -0.0748. The van der Waals surface area contributed by atoms with Crippen LogP contribution in [-0.2, 0) is 19.6 Å². The highest BCUT2D eigenvalue weighted by molar-refractivity contribution is 7.58. The van der Waals surface area contributed by atoms with E-state index in [9.17, 15) is 4.57 Å². The molecule has 0 bridgehead atoms. The third kappa shape index (κ3) is 6.40. The molecule has 2 saturated heterocycles. The summed E-state index contributed by atoms with van der Waals surface area (Å²) in [4.78, 5) is 4.70. The number of benzene rings is 3. The second-order valence-electron chi connectivity index (χ2n) is 11.3. The van der Waals surface area contributed by atoms with Crippen molar-refractivity contribution in [3.8, 4) is 0 Å². The Labute approximate surface area is 246 Å². The zero-order valence-electron chi connectivity index (χ0n) is 24.5. The highest BCUT2D eigenvalue weighted by Gasteiger charge is 2.45. The summed E-state index contributed by atoms with van der Waals surface area (Å²) >= 11 is 0. The quantitative estimate of drug-likeness (QED) is 0.206. The van der Waals surface area contributed by atoms with E-state index >= 15 is 0 Å². The second-order valence-corrected chi connectivity index (χ2v) is 14.2. The Kier molecular flexibility index (Phi) is 9.83. The fourth-order valence-electron chi connectivity index (χ4n) is 6.34. The van der Waals surface area contributed by atoms with Crippen LogP contribution >= 0.6 is 7.44 Å². The van der Waals surface area contributed by atoms with Crippen LogP contribution in [0.15, 0.2) is 91.0 Å². The normalized spacial score (nSPS) is 22.9. The molecule has 2 fully saturated rings. The summed E-state index contributed by atoms with van der Waals surface area (Å²) in [5.74, 6) is 0. The molecule has 0 saturated carbocycles. The molecule has 0 N–H and O–H groups in total. The lowest BCUT2D eigenvalue weighted by atomic mass is 9.75. The zero-order valence-corrected chi connectivity index (χ0v) is 25.4. The Morgan fingerprint density at radius 3 is 1.78 bits per heavy atom. The van der Waals surface area contributed by atoms with Crippen molar-refractivity contribution < 1.29 is 14.0 Å². The second kappa shape index (κ2) is 13.3. The van der Waals surface area contributed by atoms with E-state index in [1.165, 1.54) is 16.7 Å². The minimum atomic E-state index is -2.94. The van der Waals surface area contributed by atoms with E-state index in [1.54, 1.807) is 0 Å². The van der Waals surface area contributed by atoms with Gasteiger partial charge < -0.3 is 14.4 Å². The van der Waals surface area contributed by atoms with Gasteiger partial charge in [-0.3, -0.25) is 9.46 Å². The van der Waals surface area contributed by atoms with Crippen LogP contribution in [0.3, 0.4) is 0 Å². The van der Waals surface area contributed by atoms with E-state index in [2.05, 4.69) is 105 Å². The SMILES string of the molecule is [B]C1CN(C)CC(COCP(=O)(N(C)C)N2CCN(C(c3ccccc3)(c3ccccc3)c3ccccc3)CC2)O1. The molecule has 3 aromatic rings. The van der Waals surface area contributed by atoms with E-state index in [-0.39, 0.29) is 18.5 Å². The van der Waals surface area contributed by atoms with E-state index in [1.807, 2.05) is 25.8 Å². The smallest absolute Gasteiger partial charge is 0.241 e. The molecule has 2 aliphatic rings. The first kappa shape index (κ1) is 30.2. The Hall–Kier alpha value is -2.29. The Morgan fingerprint density at radius 2 is 1.34 bits per heavy atom. The minimum absolute atomic E-state index is 0.126. The van der Waals surface area contributed by atoms with Gasteiger partial charge in [0.1, 0.15) is 14.2 Å². The van der Waals surface area contributed by atoms with Crippen molar-refractivity contribution in [2.45, 2.75) is 17.6 Å². The molecule has 0 spiro atoms. The average molecular weight is 572 g/mol. The molecule has 2 radical (unpaired) electrons. The largest absolute Gasteiger partial charge is 0.380 e. The number of likely N-dealkylation sites (N-methyl/N-ethyl adjacent to an activating group) is 1. The molecular weight excluding hydrogens is 530 g/mol. The van der Waals surface area contributed by atoms with Crippen molar-refractivity contribution in [3.05, 3.63) is 108 Å². The summed E-state index contributed by atoms with van der Waals surface area (Å²) in [5.41, 5.74) is 3.19. The van der Waals surface area contributed by atoms with Crippen LogP contribution in [0, 0.1) is 0 Å². The molecular formula is C32H42BN4O3P. The number of ether oxygens (including phenoxy) is 2. The highest BCUT2D eigenvalue weighted by Crippen LogP contribution is 2.53. The highest BCUT2D eigenvalue weighted by atomic mass is 31.2. The first-order valence-corrected chi connectivity index (χ1v) is 16.2. The van der Waals surface area contributed by atoms with Crippen LogP contribution in [0.4, 0.5) is 0 Å². The first-order valence-electron chi connectivity index (χ1n) is 14.5. The summed E-state index contributed by atoms with van der Waals surface area (Å²) in [6.07, 6.45) is 0.0273. The molecule has 0 amide bonds. The first-order chi connectivity index (χ1) is 19.8. The van der Waals surface area contributed by atoms with Gasteiger partial charge in [0.05, 0.1) is 18.2 Å². The van der Waals surface area contributed by atoms with Gasteiger partial charge in [0, 0.05) is 45.3 Å². The Bertz CT molecular complexity index is 1170. The summed E-state index contributed by atoms with van der Waals surface area (Å²) in [6, 6.07) is 31.9. The van der Waals surface area contributed by atoms with Crippen molar-refractivity contribution >= 4 is 15.3 Å². The predicted molar refractivity (Wildman–Crippen MR) is 166 cm³/mol. The van der Waals surface area contributed by atoms with Gasteiger partial charge in [0.15, 0.2) is 0 Å². The molecule has 2 aliphatic heterocycles. The summed E-state index contributed by atoms with van der Waals surface area (Å²) < 4.78 is 30.3. The van der Waals surface area contributed by atoms with Crippen molar-refractivity contribution in [2.24, 2.45) is 0 Å². The van der Waals surface area contributed by atoms with E-state index in [4.69, 9.17) is 17.3 Å². The Balaban J connectivity index is 1.38. The molecule has 0 aliphatic carbocycles. The zero-order chi connectivity index (χ0) is 28.9. The van der Waals surface area contributed by atoms with Gasteiger partial charge in [-0.2, -0.15) is 0 Å². The third-order valence-corrected chi connectivity index (χ3v) is 11.4. The van der Waals surface area contributed by atoms with Crippen molar-refractivity contribution in [1.82, 2.24) is 19.1 Å². The summed E-state index contributed by atoms with van der Waals surface area (Å²) in [6.45, 7) is 4.66. The number of piperazine rings is 1. The number of hydrogen-bond acceptors (Lipinski definition) is 5. The molecule has 0 aromatic heterocycles. The number of morpholine rings is 1. The summed E-state index contributed by atoms with van der Waals surface area (Å²) in [5, 5.41) is 0. The van der Waals surface area contributed by atoms with Gasteiger partial charge in [0.2, 0.25) is 7.44 Å². The van der Waals surface area contributed by atoms with Crippen LogP contribution in [0.1, 0.15) is 16.7 Å². The standard InChI is InChI=1S/C32H42BN4O3P/c1-34(2)41(38,26-39-25-30-23-35(3)24-31(33)40-30)37-21-19-36(20-22-37)32(27-13-7-4-8-14-27,28-15-9-5-10-16-28)29-17-11-6-12-18-29/h4-18,30-31H,19-26H2,1-3H3. The van der Waals surface area contributed by atoms with Crippen LogP contribution in [-0.4, -0.2) is 112 Å². The third-order valence-electron chi connectivity index (χ3n) is 8.31.